The van der Waals surface area contributed by atoms with Crippen LogP contribution in [0.4, 0.5) is 20.4 Å². The highest BCUT2D eigenvalue weighted by atomic mass is 19.1. The summed E-state index contributed by atoms with van der Waals surface area (Å²) in [4.78, 5) is 16.9. The van der Waals surface area contributed by atoms with Crippen LogP contribution in [0.2, 0.25) is 0 Å². The normalized spacial score (nSPS) is 16.3. The molecule has 176 valence electrons. The molecule has 5 rings (SSSR count). The van der Waals surface area contributed by atoms with E-state index in [2.05, 4.69) is 37.1 Å². The Balaban J connectivity index is 1.28. The number of aromatic nitrogens is 3. The van der Waals surface area contributed by atoms with E-state index in [1.807, 2.05) is 13.0 Å². The van der Waals surface area contributed by atoms with Gasteiger partial charge in [0, 0.05) is 44.5 Å². The second kappa shape index (κ2) is 9.44. The van der Waals surface area contributed by atoms with Gasteiger partial charge in [-0.25, -0.2) is 14.4 Å². The lowest BCUT2D eigenvalue weighted by Gasteiger charge is -2.32. The van der Waals surface area contributed by atoms with E-state index in [0.717, 1.165) is 55.8 Å². The van der Waals surface area contributed by atoms with Crippen LogP contribution in [0, 0.1) is 11.6 Å². The van der Waals surface area contributed by atoms with Gasteiger partial charge in [-0.3, -0.25) is 4.90 Å². The molecule has 0 saturated carbocycles. The van der Waals surface area contributed by atoms with Crippen LogP contribution in [0.3, 0.4) is 0 Å². The number of hydrogen-bond acceptors (Lipinski definition) is 7. The minimum Gasteiger partial charge on any atom is -0.433 e. The SMILES string of the molecule is CC1=Cc2c(ccc(Oc3ncnc(Nc4ccc(CN5CCN(C)CC5)cn4)c3F)c2F)C1. The molecule has 0 bridgehead atoms. The van der Waals surface area contributed by atoms with Gasteiger partial charge in [-0.15, -0.1) is 0 Å². The lowest BCUT2D eigenvalue weighted by molar-refractivity contribution is 0.148. The predicted octanol–water partition coefficient (Wildman–Crippen LogP) is 4.39. The maximum atomic E-state index is 15.0. The molecule has 0 spiro atoms. The number of likely N-dealkylation sites (N-methyl/N-ethyl adjacent to an activating group) is 1. The van der Waals surface area contributed by atoms with E-state index >= 15 is 4.39 Å². The number of halogens is 2. The summed E-state index contributed by atoms with van der Waals surface area (Å²) in [7, 11) is 2.13. The Labute approximate surface area is 197 Å². The molecule has 2 aromatic heterocycles. The first kappa shape index (κ1) is 22.4. The number of benzene rings is 1. The number of nitrogens with zero attached hydrogens (tertiary/aromatic N) is 5. The van der Waals surface area contributed by atoms with Gasteiger partial charge < -0.3 is 15.0 Å². The fraction of sp³-hybridized carbons (Fsp3) is 0.320. The zero-order valence-electron chi connectivity index (χ0n) is 19.2. The summed E-state index contributed by atoms with van der Waals surface area (Å²) in [5.41, 5.74) is 3.50. The second-order valence-electron chi connectivity index (χ2n) is 8.82. The summed E-state index contributed by atoms with van der Waals surface area (Å²) >= 11 is 0. The highest BCUT2D eigenvalue weighted by Crippen LogP contribution is 2.35. The van der Waals surface area contributed by atoms with Crippen LogP contribution in [0.1, 0.15) is 23.6 Å². The van der Waals surface area contributed by atoms with Gasteiger partial charge in [0.2, 0.25) is 5.82 Å². The predicted molar refractivity (Wildman–Crippen MR) is 126 cm³/mol. The molecule has 34 heavy (non-hydrogen) atoms. The van der Waals surface area contributed by atoms with Gasteiger partial charge in [-0.2, -0.15) is 9.37 Å². The summed E-state index contributed by atoms with van der Waals surface area (Å²) in [5.74, 6) is -1.45. The van der Waals surface area contributed by atoms with Gasteiger partial charge in [0.15, 0.2) is 17.4 Å². The zero-order valence-corrected chi connectivity index (χ0v) is 19.2. The molecule has 3 heterocycles. The number of piperazine rings is 1. The molecule has 1 aliphatic carbocycles. The molecular formula is C25H26F2N6O. The third-order valence-electron chi connectivity index (χ3n) is 6.13. The van der Waals surface area contributed by atoms with Gasteiger partial charge in [0.1, 0.15) is 12.1 Å². The van der Waals surface area contributed by atoms with E-state index in [-0.39, 0.29) is 17.4 Å². The van der Waals surface area contributed by atoms with E-state index in [1.54, 1.807) is 24.4 Å². The summed E-state index contributed by atoms with van der Waals surface area (Å²) in [6.07, 6.45) is 5.41. The molecule has 0 radical (unpaired) electrons. The minimum atomic E-state index is -0.822. The number of nitrogens with one attached hydrogen (secondary N) is 1. The van der Waals surface area contributed by atoms with Gasteiger partial charge in [0.05, 0.1) is 0 Å². The van der Waals surface area contributed by atoms with Crippen molar-refractivity contribution in [2.45, 2.75) is 19.9 Å². The Bertz CT molecular complexity index is 1220. The van der Waals surface area contributed by atoms with Crippen molar-refractivity contribution in [2.75, 3.05) is 38.5 Å². The maximum Gasteiger partial charge on any atom is 0.261 e. The molecule has 0 atom stereocenters. The van der Waals surface area contributed by atoms with Crippen molar-refractivity contribution in [2.24, 2.45) is 0 Å². The topological polar surface area (TPSA) is 66.4 Å². The molecule has 0 unspecified atom stereocenters. The van der Waals surface area contributed by atoms with E-state index in [4.69, 9.17) is 4.74 Å². The fourth-order valence-electron chi connectivity index (χ4n) is 4.19. The largest absolute Gasteiger partial charge is 0.433 e. The van der Waals surface area contributed by atoms with Crippen LogP contribution < -0.4 is 10.1 Å². The van der Waals surface area contributed by atoms with Crippen molar-refractivity contribution >= 4 is 17.7 Å². The molecule has 2 aliphatic rings. The van der Waals surface area contributed by atoms with Gasteiger partial charge in [-0.1, -0.05) is 23.8 Å². The highest BCUT2D eigenvalue weighted by Gasteiger charge is 2.21. The van der Waals surface area contributed by atoms with Crippen LogP contribution in [-0.4, -0.2) is 58.0 Å². The molecular weight excluding hydrogens is 438 g/mol. The second-order valence-corrected chi connectivity index (χ2v) is 8.82. The Hall–Kier alpha value is -3.43. The molecule has 1 fully saturated rings. The van der Waals surface area contributed by atoms with Crippen molar-refractivity contribution in [1.29, 1.82) is 0 Å². The van der Waals surface area contributed by atoms with Gasteiger partial charge in [-0.05, 0) is 43.7 Å². The van der Waals surface area contributed by atoms with Crippen molar-refractivity contribution in [1.82, 2.24) is 24.8 Å². The quantitative estimate of drug-likeness (QED) is 0.580. The first-order valence-corrected chi connectivity index (χ1v) is 11.3. The number of pyridine rings is 1. The number of fused-ring (bicyclic) bond motifs is 1. The van der Waals surface area contributed by atoms with Crippen LogP contribution in [0.25, 0.3) is 6.08 Å². The number of ether oxygens (including phenoxy) is 1. The van der Waals surface area contributed by atoms with E-state index in [0.29, 0.717) is 17.8 Å². The monoisotopic (exact) mass is 464 g/mol. The number of rotatable bonds is 6. The number of hydrogen-bond donors (Lipinski definition) is 1. The Morgan fingerprint density at radius 1 is 1.00 bits per heavy atom. The van der Waals surface area contributed by atoms with Crippen LogP contribution in [0.5, 0.6) is 11.6 Å². The van der Waals surface area contributed by atoms with Gasteiger partial charge in [0.25, 0.3) is 5.88 Å². The maximum absolute atomic E-state index is 15.0. The van der Waals surface area contributed by atoms with Crippen molar-refractivity contribution in [3.05, 3.63) is 70.7 Å². The number of allylic oxidation sites excluding steroid dienone is 1. The zero-order chi connectivity index (χ0) is 23.7. The average molecular weight is 465 g/mol. The fourth-order valence-corrected chi connectivity index (χ4v) is 4.19. The Morgan fingerprint density at radius 3 is 2.59 bits per heavy atom. The first-order chi connectivity index (χ1) is 16.5. The van der Waals surface area contributed by atoms with Crippen LogP contribution >= 0.6 is 0 Å². The average Bonchev–Trinajstić information content (AvgIpc) is 3.22. The Kier molecular flexibility index (Phi) is 6.21. The Morgan fingerprint density at radius 2 is 1.82 bits per heavy atom. The summed E-state index contributed by atoms with van der Waals surface area (Å²) in [6.45, 7) is 6.90. The highest BCUT2D eigenvalue weighted by molar-refractivity contribution is 5.66. The minimum absolute atomic E-state index is 0.0837. The first-order valence-electron chi connectivity index (χ1n) is 11.3. The molecule has 1 saturated heterocycles. The van der Waals surface area contributed by atoms with Crippen molar-refractivity contribution in [3.63, 3.8) is 0 Å². The van der Waals surface area contributed by atoms with Crippen LogP contribution in [-0.2, 0) is 13.0 Å². The standard InChI is InChI=1S/C25H26F2N6O/c1-16-11-18-4-5-20(22(26)19(18)12-16)34-25-23(27)24(29-15-30-25)31-21-6-3-17(13-28-21)14-33-9-7-32(2)8-10-33/h3-6,12-13,15H,7-11,14H2,1-2H3,(H,28,29,30,31). The molecule has 0 amide bonds. The van der Waals surface area contributed by atoms with E-state index in [1.165, 1.54) is 6.07 Å². The smallest absolute Gasteiger partial charge is 0.261 e. The molecule has 1 aliphatic heterocycles. The molecule has 9 heteroatoms. The van der Waals surface area contributed by atoms with E-state index in [9.17, 15) is 4.39 Å². The van der Waals surface area contributed by atoms with Gasteiger partial charge >= 0.3 is 0 Å². The molecule has 1 aromatic carbocycles. The number of anilines is 2. The summed E-state index contributed by atoms with van der Waals surface area (Å²) < 4.78 is 35.4. The third-order valence-corrected chi connectivity index (χ3v) is 6.13. The third kappa shape index (κ3) is 4.76. The molecule has 1 N–H and O–H groups in total. The summed E-state index contributed by atoms with van der Waals surface area (Å²) in [6, 6.07) is 7.02. The molecule has 7 nitrogen and oxygen atoms in total. The summed E-state index contributed by atoms with van der Waals surface area (Å²) in [5, 5.41) is 2.86. The molecule has 3 aromatic rings. The lowest BCUT2D eigenvalue weighted by atomic mass is 10.1. The van der Waals surface area contributed by atoms with Crippen LogP contribution in [0.15, 0.2) is 42.4 Å². The van der Waals surface area contributed by atoms with E-state index < -0.39 is 11.6 Å². The lowest BCUT2D eigenvalue weighted by Crippen LogP contribution is -2.43. The van der Waals surface area contributed by atoms with Crippen molar-refractivity contribution < 1.29 is 13.5 Å². The van der Waals surface area contributed by atoms with Crippen molar-refractivity contribution in [3.8, 4) is 11.6 Å².